The zero-order valence-electron chi connectivity index (χ0n) is 24.5. The van der Waals surface area contributed by atoms with Crippen LogP contribution in [0.4, 0.5) is 0 Å². The van der Waals surface area contributed by atoms with E-state index in [2.05, 4.69) is 30.2 Å². The van der Waals surface area contributed by atoms with Gasteiger partial charge in [-0.05, 0) is 19.3 Å². The third kappa shape index (κ3) is 32.6. The normalized spacial score (nSPS) is 12.8. The molecule has 0 heterocycles. The molecule has 0 amide bonds. The van der Waals surface area contributed by atoms with E-state index in [4.69, 9.17) is 0 Å². The van der Waals surface area contributed by atoms with Crippen molar-refractivity contribution in [2.45, 2.75) is 168 Å². The third-order valence-corrected chi connectivity index (χ3v) is 7.41. The van der Waals surface area contributed by atoms with Gasteiger partial charge in [-0.15, -0.1) is 0 Å². The van der Waals surface area contributed by atoms with Crippen LogP contribution in [0.5, 0.6) is 0 Å². The molecule has 0 radical (unpaired) electrons. The Balaban J connectivity index is 0. The largest absolute Gasteiger partial charge is 1.00 e. The minimum atomic E-state index is -4.60. The monoisotopic (exact) mass is 538 g/mol. The van der Waals surface area contributed by atoms with Crippen LogP contribution in [0, 0.1) is 5.92 Å². The fourth-order valence-electron chi connectivity index (χ4n) is 4.69. The maximum Gasteiger partial charge on any atom is 1.00 e. The van der Waals surface area contributed by atoms with Crippen LogP contribution in [0.25, 0.3) is 0 Å². The molecule has 0 spiro atoms. The van der Waals surface area contributed by atoms with E-state index in [9.17, 15) is 13.0 Å². The second kappa shape index (κ2) is 30.2. The standard InChI is InChI=1S/C30H60O4S.Na/c1-3-5-7-9-10-11-12-13-14-15-16-17-18-19-20-21-22-23-24-26-28-30(27-25-8-6-4-2)29-34-35(31,32)33;/h26,28,30H,3-25,27,29H2,1-2H3,(H,31,32,33);/q;+1/p-1/b28-26+;. The summed E-state index contributed by atoms with van der Waals surface area (Å²) in [6.07, 6.45) is 35.6. The first kappa shape index (κ1) is 38.8. The SMILES string of the molecule is CCCCCCCCCCCCCCCCCCCC/C=C/C(CCCCCC)COS(=O)(=O)[O-].[Na+]. The molecule has 0 aromatic rings. The van der Waals surface area contributed by atoms with Crippen LogP contribution in [0.2, 0.25) is 0 Å². The first-order chi connectivity index (χ1) is 17.0. The molecule has 1 unspecified atom stereocenters. The van der Waals surface area contributed by atoms with Crippen molar-refractivity contribution in [1.29, 1.82) is 0 Å². The van der Waals surface area contributed by atoms with Gasteiger partial charge in [0.05, 0.1) is 6.61 Å². The Kier molecular flexibility index (Phi) is 32.5. The molecule has 0 N–H and O–H groups in total. The summed E-state index contributed by atoms with van der Waals surface area (Å²) in [5, 5.41) is 0. The third-order valence-electron chi connectivity index (χ3n) is 6.99. The summed E-state index contributed by atoms with van der Waals surface area (Å²) in [5.74, 6) is 0.0196. The summed E-state index contributed by atoms with van der Waals surface area (Å²) in [4.78, 5) is 0. The molecule has 6 heteroatoms. The molecule has 0 aliphatic carbocycles. The van der Waals surface area contributed by atoms with Crippen molar-refractivity contribution in [2.75, 3.05) is 6.61 Å². The summed E-state index contributed by atoms with van der Waals surface area (Å²) >= 11 is 0. The molecule has 1 atom stereocenters. The minimum Gasteiger partial charge on any atom is -0.726 e. The van der Waals surface area contributed by atoms with E-state index in [-0.39, 0.29) is 42.1 Å². The van der Waals surface area contributed by atoms with E-state index in [1.165, 1.54) is 128 Å². The molecule has 36 heavy (non-hydrogen) atoms. The topological polar surface area (TPSA) is 66.4 Å². The maximum atomic E-state index is 10.8. The van der Waals surface area contributed by atoms with E-state index in [0.717, 1.165) is 25.7 Å². The van der Waals surface area contributed by atoms with Crippen molar-refractivity contribution in [3.8, 4) is 0 Å². The first-order valence-electron chi connectivity index (χ1n) is 15.3. The summed E-state index contributed by atoms with van der Waals surface area (Å²) in [5.41, 5.74) is 0. The van der Waals surface area contributed by atoms with E-state index in [0.29, 0.717) is 0 Å². The molecule has 0 aliphatic rings. The second-order valence-corrected chi connectivity index (χ2v) is 11.6. The number of allylic oxidation sites excluding steroid dienone is 1. The Hall–Kier alpha value is 0.610. The Labute approximate surface area is 248 Å². The zero-order valence-corrected chi connectivity index (χ0v) is 27.3. The molecule has 0 aromatic carbocycles. The van der Waals surface area contributed by atoms with Gasteiger partial charge >= 0.3 is 29.6 Å². The maximum absolute atomic E-state index is 10.8. The Morgan fingerprint density at radius 1 is 0.611 bits per heavy atom. The molecule has 0 saturated carbocycles. The fraction of sp³-hybridized carbons (Fsp3) is 0.933. The molecule has 0 saturated heterocycles. The van der Waals surface area contributed by atoms with Crippen LogP contribution in [0.3, 0.4) is 0 Å². The van der Waals surface area contributed by atoms with Crippen molar-refractivity contribution in [2.24, 2.45) is 5.92 Å². The quantitative estimate of drug-likeness (QED) is 0.0352. The van der Waals surface area contributed by atoms with Gasteiger partial charge in [0.2, 0.25) is 10.4 Å². The van der Waals surface area contributed by atoms with E-state index in [1.807, 2.05) is 0 Å². The van der Waals surface area contributed by atoms with Gasteiger partial charge in [-0.2, -0.15) is 0 Å². The molecular weight excluding hydrogens is 479 g/mol. The number of rotatable bonds is 28. The van der Waals surface area contributed by atoms with Gasteiger partial charge < -0.3 is 4.55 Å². The van der Waals surface area contributed by atoms with Gasteiger partial charge in [-0.3, -0.25) is 4.18 Å². The van der Waals surface area contributed by atoms with Gasteiger partial charge in [0, 0.05) is 5.92 Å². The van der Waals surface area contributed by atoms with Gasteiger partial charge in [0.25, 0.3) is 0 Å². The van der Waals surface area contributed by atoms with E-state index in [1.54, 1.807) is 0 Å². The van der Waals surface area contributed by atoms with Crippen molar-refractivity contribution >= 4 is 10.4 Å². The molecule has 0 bridgehead atoms. The van der Waals surface area contributed by atoms with Crippen LogP contribution in [-0.4, -0.2) is 19.6 Å². The Morgan fingerprint density at radius 3 is 1.36 bits per heavy atom. The number of unbranched alkanes of at least 4 members (excludes halogenated alkanes) is 21. The Bertz CT molecular complexity index is 551. The molecular formula is C30H59NaO4S. The second-order valence-electron chi connectivity index (χ2n) is 10.5. The fourth-order valence-corrected chi connectivity index (χ4v) is 5.03. The molecule has 0 aliphatic heterocycles. The van der Waals surface area contributed by atoms with Gasteiger partial charge in [-0.25, -0.2) is 8.42 Å². The molecule has 0 fully saturated rings. The predicted molar refractivity (Wildman–Crippen MR) is 150 cm³/mol. The summed E-state index contributed by atoms with van der Waals surface area (Å²) in [6, 6.07) is 0. The molecule has 0 rings (SSSR count). The molecule has 4 nitrogen and oxygen atoms in total. The number of hydrogen-bond acceptors (Lipinski definition) is 4. The van der Waals surface area contributed by atoms with Gasteiger partial charge in [-0.1, -0.05) is 161 Å². The van der Waals surface area contributed by atoms with Crippen molar-refractivity contribution in [1.82, 2.24) is 0 Å². The van der Waals surface area contributed by atoms with E-state index >= 15 is 0 Å². The smallest absolute Gasteiger partial charge is 0.726 e. The molecule has 0 aromatic heterocycles. The number of hydrogen-bond donors (Lipinski definition) is 0. The van der Waals surface area contributed by atoms with Gasteiger partial charge in [0.15, 0.2) is 0 Å². The zero-order chi connectivity index (χ0) is 25.9. The average molecular weight is 539 g/mol. The van der Waals surface area contributed by atoms with Crippen molar-refractivity contribution < 1.29 is 46.7 Å². The van der Waals surface area contributed by atoms with Crippen molar-refractivity contribution in [3.63, 3.8) is 0 Å². The summed E-state index contributed by atoms with van der Waals surface area (Å²) < 4.78 is 36.8. The van der Waals surface area contributed by atoms with Crippen LogP contribution in [0.15, 0.2) is 12.2 Å². The van der Waals surface area contributed by atoms with Crippen LogP contribution >= 0.6 is 0 Å². The predicted octanol–water partition coefficient (Wildman–Crippen LogP) is 7.04. The first-order valence-corrected chi connectivity index (χ1v) is 16.6. The van der Waals surface area contributed by atoms with Crippen LogP contribution in [-0.2, 0) is 14.6 Å². The van der Waals surface area contributed by atoms with Gasteiger partial charge in [0.1, 0.15) is 0 Å². The van der Waals surface area contributed by atoms with Crippen molar-refractivity contribution in [3.05, 3.63) is 12.2 Å². The average Bonchev–Trinajstić information content (AvgIpc) is 2.82. The molecule has 210 valence electrons. The Morgan fingerprint density at radius 2 is 0.972 bits per heavy atom. The van der Waals surface area contributed by atoms with Crippen LogP contribution < -0.4 is 29.6 Å². The van der Waals surface area contributed by atoms with E-state index < -0.39 is 10.4 Å². The summed E-state index contributed by atoms with van der Waals surface area (Å²) in [7, 11) is -4.60. The summed E-state index contributed by atoms with van der Waals surface area (Å²) in [6.45, 7) is 4.43. The minimum absolute atomic E-state index is 0. The van der Waals surface area contributed by atoms with Crippen LogP contribution in [0.1, 0.15) is 168 Å².